The van der Waals surface area contributed by atoms with E-state index in [1.165, 1.54) is 18.2 Å². The standard InChI is InChI=1S/C16H14ClNO3/c1-9-3-4-10(2)13(7-9)15(19)18-11-5-6-12(16(20)21)14(17)8-11/h3-8H,1-2H3,(H,18,19)(H,20,21). The van der Waals surface area contributed by atoms with Gasteiger partial charge in [-0.15, -0.1) is 0 Å². The Morgan fingerprint density at radius 1 is 1.05 bits per heavy atom. The van der Waals surface area contributed by atoms with Crippen molar-refractivity contribution in [3.8, 4) is 0 Å². The van der Waals surface area contributed by atoms with E-state index in [2.05, 4.69) is 5.32 Å². The average Bonchev–Trinajstić information content (AvgIpc) is 2.41. The van der Waals surface area contributed by atoms with E-state index >= 15 is 0 Å². The van der Waals surface area contributed by atoms with Crippen molar-refractivity contribution in [2.75, 3.05) is 5.32 Å². The van der Waals surface area contributed by atoms with E-state index in [9.17, 15) is 9.59 Å². The molecule has 0 radical (unpaired) electrons. The van der Waals surface area contributed by atoms with Gasteiger partial charge >= 0.3 is 5.97 Å². The quantitative estimate of drug-likeness (QED) is 0.903. The lowest BCUT2D eigenvalue weighted by atomic mass is 10.0. The van der Waals surface area contributed by atoms with Gasteiger partial charge in [-0.1, -0.05) is 29.3 Å². The van der Waals surface area contributed by atoms with Crippen LogP contribution in [-0.4, -0.2) is 17.0 Å². The van der Waals surface area contributed by atoms with E-state index in [1.54, 1.807) is 6.07 Å². The molecular formula is C16H14ClNO3. The Kier molecular flexibility index (Phi) is 4.29. The van der Waals surface area contributed by atoms with Crippen LogP contribution in [0.25, 0.3) is 0 Å². The van der Waals surface area contributed by atoms with Crippen LogP contribution in [0.15, 0.2) is 36.4 Å². The van der Waals surface area contributed by atoms with Crippen molar-refractivity contribution in [3.05, 3.63) is 63.7 Å². The van der Waals surface area contributed by atoms with Crippen LogP contribution in [0.1, 0.15) is 31.8 Å². The lowest BCUT2D eigenvalue weighted by molar-refractivity contribution is 0.0697. The molecule has 0 heterocycles. The van der Waals surface area contributed by atoms with Crippen LogP contribution in [0.5, 0.6) is 0 Å². The summed E-state index contributed by atoms with van der Waals surface area (Å²) in [6.07, 6.45) is 0. The molecule has 5 heteroatoms. The number of hydrogen-bond acceptors (Lipinski definition) is 2. The second kappa shape index (κ2) is 5.97. The summed E-state index contributed by atoms with van der Waals surface area (Å²) in [4.78, 5) is 23.1. The molecule has 0 aromatic heterocycles. The summed E-state index contributed by atoms with van der Waals surface area (Å²) < 4.78 is 0. The summed E-state index contributed by atoms with van der Waals surface area (Å²) in [5, 5.41) is 11.7. The van der Waals surface area contributed by atoms with Gasteiger partial charge in [-0.2, -0.15) is 0 Å². The van der Waals surface area contributed by atoms with Gasteiger partial charge in [0.05, 0.1) is 10.6 Å². The molecular weight excluding hydrogens is 290 g/mol. The maximum absolute atomic E-state index is 12.2. The number of carbonyl (C=O) groups excluding carboxylic acids is 1. The molecule has 0 saturated heterocycles. The molecule has 0 saturated carbocycles. The summed E-state index contributed by atoms with van der Waals surface area (Å²) in [5.41, 5.74) is 2.89. The normalized spacial score (nSPS) is 10.2. The highest BCUT2D eigenvalue weighted by Crippen LogP contribution is 2.22. The summed E-state index contributed by atoms with van der Waals surface area (Å²) in [5.74, 6) is -1.36. The minimum absolute atomic E-state index is 0.00130. The van der Waals surface area contributed by atoms with Crippen molar-refractivity contribution < 1.29 is 14.7 Å². The second-order valence-corrected chi connectivity index (χ2v) is 5.18. The number of anilines is 1. The van der Waals surface area contributed by atoms with Crippen LogP contribution < -0.4 is 5.32 Å². The number of hydrogen-bond donors (Lipinski definition) is 2. The summed E-state index contributed by atoms with van der Waals surface area (Å²) >= 11 is 5.88. The third kappa shape index (κ3) is 3.41. The number of carbonyl (C=O) groups is 2. The van der Waals surface area contributed by atoms with Gasteiger partial charge in [0.15, 0.2) is 0 Å². The fraction of sp³-hybridized carbons (Fsp3) is 0.125. The minimum Gasteiger partial charge on any atom is -0.478 e. The number of aromatic carboxylic acids is 1. The number of rotatable bonds is 3. The molecule has 0 fully saturated rings. The van der Waals surface area contributed by atoms with Crippen molar-refractivity contribution >= 4 is 29.2 Å². The predicted molar refractivity (Wildman–Crippen MR) is 82.3 cm³/mol. The first kappa shape index (κ1) is 15.1. The zero-order valence-electron chi connectivity index (χ0n) is 11.6. The van der Waals surface area contributed by atoms with E-state index in [1.807, 2.05) is 26.0 Å². The van der Waals surface area contributed by atoms with E-state index in [-0.39, 0.29) is 16.5 Å². The Balaban J connectivity index is 2.26. The first-order chi connectivity index (χ1) is 9.88. The molecule has 2 aromatic rings. The van der Waals surface area contributed by atoms with E-state index in [0.29, 0.717) is 11.3 Å². The summed E-state index contributed by atoms with van der Waals surface area (Å²) in [6.45, 7) is 3.77. The third-order valence-corrected chi connectivity index (χ3v) is 3.41. The first-order valence-electron chi connectivity index (χ1n) is 6.30. The number of benzene rings is 2. The zero-order chi connectivity index (χ0) is 15.6. The largest absolute Gasteiger partial charge is 0.478 e. The Morgan fingerprint density at radius 2 is 1.76 bits per heavy atom. The van der Waals surface area contributed by atoms with Crippen molar-refractivity contribution in [2.45, 2.75) is 13.8 Å². The van der Waals surface area contributed by atoms with E-state index < -0.39 is 5.97 Å². The number of aryl methyl sites for hydroxylation is 2. The Labute approximate surface area is 127 Å². The molecule has 108 valence electrons. The lowest BCUT2D eigenvalue weighted by Crippen LogP contribution is -2.13. The van der Waals surface area contributed by atoms with Crippen molar-refractivity contribution in [2.24, 2.45) is 0 Å². The third-order valence-electron chi connectivity index (χ3n) is 3.10. The molecule has 0 aliphatic carbocycles. The SMILES string of the molecule is Cc1ccc(C)c(C(=O)Nc2ccc(C(=O)O)c(Cl)c2)c1. The van der Waals surface area contributed by atoms with Gasteiger partial charge in [-0.25, -0.2) is 4.79 Å². The first-order valence-corrected chi connectivity index (χ1v) is 6.67. The van der Waals surface area contributed by atoms with Crippen LogP contribution in [0.4, 0.5) is 5.69 Å². The van der Waals surface area contributed by atoms with Crippen LogP contribution in [0.2, 0.25) is 5.02 Å². The Hall–Kier alpha value is -2.33. The van der Waals surface area contributed by atoms with Gasteiger partial charge in [0.2, 0.25) is 0 Å². The monoisotopic (exact) mass is 303 g/mol. The molecule has 0 unspecified atom stereocenters. The zero-order valence-corrected chi connectivity index (χ0v) is 12.4. The molecule has 2 N–H and O–H groups in total. The maximum Gasteiger partial charge on any atom is 0.337 e. The van der Waals surface area contributed by atoms with Crippen molar-refractivity contribution in [3.63, 3.8) is 0 Å². The summed E-state index contributed by atoms with van der Waals surface area (Å²) in [6, 6.07) is 9.92. The van der Waals surface area contributed by atoms with Gasteiger partial charge < -0.3 is 10.4 Å². The second-order valence-electron chi connectivity index (χ2n) is 4.77. The van der Waals surface area contributed by atoms with E-state index in [0.717, 1.165) is 11.1 Å². The van der Waals surface area contributed by atoms with Crippen molar-refractivity contribution in [1.82, 2.24) is 0 Å². The fourth-order valence-electron chi connectivity index (χ4n) is 1.95. The highest BCUT2D eigenvalue weighted by Gasteiger charge is 2.12. The smallest absolute Gasteiger partial charge is 0.337 e. The van der Waals surface area contributed by atoms with Crippen LogP contribution in [-0.2, 0) is 0 Å². The Morgan fingerprint density at radius 3 is 2.38 bits per heavy atom. The van der Waals surface area contributed by atoms with Crippen LogP contribution >= 0.6 is 11.6 Å². The fourth-order valence-corrected chi connectivity index (χ4v) is 2.21. The number of nitrogens with one attached hydrogen (secondary N) is 1. The van der Waals surface area contributed by atoms with Gasteiger partial charge in [-0.05, 0) is 43.7 Å². The molecule has 2 rings (SSSR count). The molecule has 0 bridgehead atoms. The molecule has 0 atom stereocenters. The maximum atomic E-state index is 12.2. The molecule has 2 aromatic carbocycles. The van der Waals surface area contributed by atoms with E-state index in [4.69, 9.17) is 16.7 Å². The number of amides is 1. The highest BCUT2D eigenvalue weighted by molar-refractivity contribution is 6.33. The number of carboxylic acid groups (broad SMARTS) is 1. The molecule has 1 amide bonds. The number of carboxylic acids is 1. The van der Waals surface area contributed by atoms with Gasteiger partial charge in [0.25, 0.3) is 5.91 Å². The average molecular weight is 304 g/mol. The molecule has 0 aliphatic rings. The highest BCUT2D eigenvalue weighted by atomic mass is 35.5. The van der Waals surface area contributed by atoms with Crippen LogP contribution in [0, 0.1) is 13.8 Å². The predicted octanol–water partition coefficient (Wildman–Crippen LogP) is 3.91. The minimum atomic E-state index is -1.10. The van der Waals surface area contributed by atoms with Gasteiger partial charge in [0, 0.05) is 11.3 Å². The topological polar surface area (TPSA) is 66.4 Å². The van der Waals surface area contributed by atoms with Crippen molar-refractivity contribution in [1.29, 1.82) is 0 Å². The number of halogens is 1. The molecule has 0 spiro atoms. The molecule has 4 nitrogen and oxygen atoms in total. The lowest BCUT2D eigenvalue weighted by Gasteiger charge is -2.09. The molecule has 21 heavy (non-hydrogen) atoms. The Bertz CT molecular complexity index is 725. The van der Waals surface area contributed by atoms with Gasteiger partial charge in [0.1, 0.15) is 0 Å². The van der Waals surface area contributed by atoms with Gasteiger partial charge in [-0.3, -0.25) is 4.79 Å². The van der Waals surface area contributed by atoms with Crippen LogP contribution in [0.3, 0.4) is 0 Å². The summed E-state index contributed by atoms with van der Waals surface area (Å²) in [7, 11) is 0. The molecule has 0 aliphatic heterocycles.